The maximum absolute atomic E-state index is 12.3. The first-order valence-corrected chi connectivity index (χ1v) is 11.4. The molecule has 0 bridgehead atoms. The molecule has 0 radical (unpaired) electrons. The lowest BCUT2D eigenvalue weighted by molar-refractivity contribution is -0.125. The van der Waals surface area contributed by atoms with Crippen molar-refractivity contribution in [2.75, 3.05) is 6.61 Å². The fourth-order valence-electron chi connectivity index (χ4n) is 3.73. The van der Waals surface area contributed by atoms with Gasteiger partial charge in [-0.3, -0.25) is 4.79 Å². The normalized spacial score (nSPS) is 14.2. The standard InChI is InChI=1S/C25H30N4O5/c26-25(27)29-20-12-8-18(9-13-20)24(32)34-21-14-10-17(11-15-21)23(31)33-16-22(30)28-19-6-4-2-1-3-5-7-19/h8-15,19H,1-7,16H2,(H,28,30)(H4,26,27,29). The average molecular weight is 467 g/mol. The second-order valence-electron chi connectivity index (χ2n) is 8.18. The number of carbonyl (C=O) groups excluding carboxylic acids is 3. The molecule has 1 saturated carbocycles. The molecule has 9 nitrogen and oxygen atoms in total. The van der Waals surface area contributed by atoms with Crippen molar-refractivity contribution in [1.29, 1.82) is 0 Å². The van der Waals surface area contributed by atoms with E-state index in [1.165, 1.54) is 55.7 Å². The molecule has 0 atom stereocenters. The molecule has 1 amide bonds. The second-order valence-corrected chi connectivity index (χ2v) is 8.18. The van der Waals surface area contributed by atoms with E-state index in [1.54, 1.807) is 12.1 Å². The van der Waals surface area contributed by atoms with Crippen molar-refractivity contribution in [3.8, 4) is 5.75 Å². The molecule has 0 aromatic heterocycles. The first-order chi connectivity index (χ1) is 16.4. The molecule has 1 aliphatic carbocycles. The van der Waals surface area contributed by atoms with Crippen LogP contribution in [0.4, 0.5) is 5.69 Å². The fraction of sp³-hybridized carbons (Fsp3) is 0.360. The Labute approximate surface area is 198 Å². The third-order valence-electron chi connectivity index (χ3n) is 5.47. The Bertz CT molecular complexity index is 1010. The van der Waals surface area contributed by atoms with Gasteiger partial charge in [-0.2, -0.15) is 0 Å². The summed E-state index contributed by atoms with van der Waals surface area (Å²) < 4.78 is 10.4. The minimum Gasteiger partial charge on any atom is -0.452 e. The van der Waals surface area contributed by atoms with Crippen LogP contribution >= 0.6 is 0 Å². The number of hydrogen-bond donors (Lipinski definition) is 3. The van der Waals surface area contributed by atoms with E-state index in [4.69, 9.17) is 20.9 Å². The maximum atomic E-state index is 12.3. The van der Waals surface area contributed by atoms with E-state index >= 15 is 0 Å². The van der Waals surface area contributed by atoms with Crippen LogP contribution in [0, 0.1) is 0 Å². The van der Waals surface area contributed by atoms with Crippen LogP contribution in [0.2, 0.25) is 0 Å². The Morgan fingerprint density at radius 2 is 1.38 bits per heavy atom. The van der Waals surface area contributed by atoms with Crippen LogP contribution in [0.25, 0.3) is 0 Å². The number of nitrogens with zero attached hydrogens (tertiary/aromatic N) is 1. The zero-order valence-corrected chi connectivity index (χ0v) is 19.0. The Balaban J connectivity index is 1.46. The molecular weight excluding hydrogens is 436 g/mol. The smallest absolute Gasteiger partial charge is 0.343 e. The summed E-state index contributed by atoms with van der Waals surface area (Å²) in [6.45, 7) is -0.331. The first-order valence-electron chi connectivity index (χ1n) is 11.4. The molecule has 9 heteroatoms. The van der Waals surface area contributed by atoms with Gasteiger partial charge in [-0.15, -0.1) is 0 Å². The molecule has 2 aromatic carbocycles. The van der Waals surface area contributed by atoms with Crippen molar-refractivity contribution in [3.63, 3.8) is 0 Å². The maximum Gasteiger partial charge on any atom is 0.343 e. The van der Waals surface area contributed by atoms with Gasteiger partial charge in [-0.25, -0.2) is 14.6 Å². The van der Waals surface area contributed by atoms with Crippen molar-refractivity contribution in [2.45, 2.75) is 51.0 Å². The molecule has 3 rings (SSSR count). The van der Waals surface area contributed by atoms with Crippen LogP contribution < -0.4 is 21.5 Å². The summed E-state index contributed by atoms with van der Waals surface area (Å²) in [6, 6.07) is 12.3. The van der Waals surface area contributed by atoms with Crippen LogP contribution in [0.5, 0.6) is 5.75 Å². The minimum absolute atomic E-state index is 0.0791. The van der Waals surface area contributed by atoms with E-state index in [0.717, 1.165) is 25.7 Å². The number of hydrogen-bond acceptors (Lipinski definition) is 6. The lowest BCUT2D eigenvalue weighted by atomic mass is 9.97. The lowest BCUT2D eigenvalue weighted by Gasteiger charge is -2.20. The van der Waals surface area contributed by atoms with Crippen LogP contribution in [-0.2, 0) is 9.53 Å². The summed E-state index contributed by atoms with van der Waals surface area (Å²) >= 11 is 0. The zero-order valence-electron chi connectivity index (χ0n) is 19.0. The molecule has 180 valence electrons. The molecule has 0 heterocycles. The van der Waals surface area contributed by atoms with E-state index in [9.17, 15) is 14.4 Å². The number of rotatable bonds is 7. The number of ether oxygens (including phenoxy) is 2. The number of nitrogens with one attached hydrogen (secondary N) is 1. The zero-order chi connectivity index (χ0) is 24.3. The molecule has 1 aliphatic rings. The summed E-state index contributed by atoms with van der Waals surface area (Å²) in [4.78, 5) is 40.6. The summed E-state index contributed by atoms with van der Waals surface area (Å²) in [5.41, 5.74) is 11.7. The molecule has 0 spiro atoms. The van der Waals surface area contributed by atoms with Crippen LogP contribution in [-0.4, -0.2) is 36.5 Å². The van der Waals surface area contributed by atoms with Gasteiger partial charge in [0.15, 0.2) is 12.6 Å². The number of amides is 1. The number of nitrogens with two attached hydrogens (primary N) is 2. The van der Waals surface area contributed by atoms with Gasteiger partial charge in [0, 0.05) is 6.04 Å². The first kappa shape index (κ1) is 24.8. The molecule has 34 heavy (non-hydrogen) atoms. The highest BCUT2D eigenvalue weighted by atomic mass is 16.5. The van der Waals surface area contributed by atoms with E-state index in [0.29, 0.717) is 11.3 Å². The number of esters is 2. The van der Waals surface area contributed by atoms with Gasteiger partial charge in [0.2, 0.25) is 0 Å². The molecule has 0 aliphatic heterocycles. The third kappa shape index (κ3) is 7.91. The summed E-state index contributed by atoms with van der Waals surface area (Å²) in [6.07, 6.45) is 7.76. The largest absolute Gasteiger partial charge is 0.452 e. The van der Waals surface area contributed by atoms with Crippen molar-refractivity contribution >= 4 is 29.5 Å². The van der Waals surface area contributed by atoms with Gasteiger partial charge in [-0.1, -0.05) is 32.1 Å². The summed E-state index contributed by atoms with van der Waals surface area (Å²) in [5, 5.41) is 2.96. The van der Waals surface area contributed by atoms with Gasteiger partial charge in [0.25, 0.3) is 5.91 Å². The summed E-state index contributed by atoms with van der Waals surface area (Å²) in [5.74, 6) is -1.31. The molecule has 0 saturated heterocycles. The van der Waals surface area contributed by atoms with Crippen molar-refractivity contribution in [3.05, 3.63) is 59.7 Å². The second kappa shape index (κ2) is 12.4. The van der Waals surface area contributed by atoms with Crippen molar-refractivity contribution in [1.82, 2.24) is 5.32 Å². The minimum atomic E-state index is -0.624. The topological polar surface area (TPSA) is 146 Å². The molecule has 0 unspecified atom stereocenters. The quantitative estimate of drug-likeness (QED) is 0.246. The fourth-order valence-corrected chi connectivity index (χ4v) is 3.73. The van der Waals surface area contributed by atoms with Crippen LogP contribution in [0.15, 0.2) is 53.5 Å². The number of carbonyl (C=O) groups is 3. The summed E-state index contributed by atoms with van der Waals surface area (Å²) in [7, 11) is 0. The number of aliphatic imine (C=N–C) groups is 1. The molecular formula is C25H30N4O5. The Morgan fingerprint density at radius 1 is 0.824 bits per heavy atom. The predicted molar refractivity (Wildman–Crippen MR) is 128 cm³/mol. The third-order valence-corrected chi connectivity index (χ3v) is 5.47. The van der Waals surface area contributed by atoms with Gasteiger partial charge in [0.1, 0.15) is 5.75 Å². The van der Waals surface area contributed by atoms with Gasteiger partial charge >= 0.3 is 11.9 Å². The predicted octanol–water partition coefficient (Wildman–Crippen LogP) is 3.20. The molecule has 5 N–H and O–H groups in total. The highest BCUT2D eigenvalue weighted by molar-refractivity contribution is 5.93. The lowest BCUT2D eigenvalue weighted by Crippen LogP contribution is -2.38. The molecule has 2 aromatic rings. The monoisotopic (exact) mass is 466 g/mol. The van der Waals surface area contributed by atoms with E-state index in [-0.39, 0.29) is 35.8 Å². The van der Waals surface area contributed by atoms with Crippen molar-refractivity contribution < 1.29 is 23.9 Å². The van der Waals surface area contributed by atoms with Crippen LogP contribution in [0.3, 0.4) is 0 Å². The van der Waals surface area contributed by atoms with Crippen molar-refractivity contribution in [2.24, 2.45) is 16.5 Å². The van der Waals surface area contributed by atoms with E-state index in [2.05, 4.69) is 10.3 Å². The SMILES string of the molecule is NC(N)=Nc1ccc(C(=O)Oc2ccc(C(=O)OCC(=O)NC3CCCCCCC3)cc2)cc1. The average Bonchev–Trinajstić information content (AvgIpc) is 2.79. The van der Waals surface area contributed by atoms with Gasteiger partial charge in [-0.05, 0) is 61.4 Å². The van der Waals surface area contributed by atoms with Gasteiger partial charge < -0.3 is 26.3 Å². The van der Waals surface area contributed by atoms with E-state index < -0.39 is 11.9 Å². The Kier molecular flexibility index (Phi) is 9.02. The number of benzene rings is 2. The highest BCUT2D eigenvalue weighted by Crippen LogP contribution is 2.18. The Morgan fingerprint density at radius 3 is 2.00 bits per heavy atom. The highest BCUT2D eigenvalue weighted by Gasteiger charge is 2.16. The molecule has 1 fully saturated rings. The number of guanidine groups is 1. The van der Waals surface area contributed by atoms with Gasteiger partial charge in [0.05, 0.1) is 16.8 Å². The van der Waals surface area contributed by atoms with E-state index in [1.807, 2.05) is 0 Å². The van der Waals surface area contributed by atoms with Crippen LogP contribution in [0.1, 0.15) is 65.7 Å². The Hall–Kier alpha value is -3.88.